The van der Waals surface area contributed by atoms with E-state index in [4.69, 9.17) is 28.0 Å². The average molecular weight is 288 g/mol. The number of halogens is 2. The van der Waals surface area contributed by atoms with Gasteiger partial charge in [-0.3, -0.25) is 4.79 Å². The Morgan fingerprint density at radius 1 is 1.28 bits per heavy atom. The van der Waals surface area contributed by atoms with Crippen molar-refractivity contribution in [1.29, 1.82) is 0 Å². The Labute approximate surface area is 114 Å². The highest BCUT2D eigenvalue weighted by Gasteiger charge is 2.49. The number of nitrogens with zero attached hydrogens (tertiary/aromatic N) is 1. The molecule has 96 valence electrons. The fourth-order valence-electron chi connectivity index (χ4n) is 1.56. The first-order valence-corrected chi connectivity index (χ1v) is 6.06. The van der Waals surface area contributed by atoms with E-state index in [0.717, 1.165) is 5.06 Å². The van der Waals surface area contributed by atoms with Crippen LogP contribution in [0.15, 0.2) is 18.2 Å². The first-order valence-electron chi connectivity index (χ1n) is 5.30. The molecule has 0 N–H and O–H groups in total. The number of carbonyl (C=O) groups excluding carboxylic acids is 2. The molecule has 1 fully saturated rings. The lowest BCUT2D eigenvalue weighted by Gasteiger charge is -2.15. The molecule has 1 saturated heterocycles. The molecule has 0 bridgehead atoms. The van der Waals surface area contributed by atoms with Crippen LogP contribution in [0.4, 0.5) is 0 Å². The van der Waals surface area contributed by atoms with Crippen LogP contribution in [0.5, 0.6) is 0 Å². The summed E-state index contributed by atoms with van der Waals surface area (Å²) in [5.74, 6) is -0.934. The normalized spacial score (nSPS) is 18.1. The van der Waals surface area contributed by atoms with Gasteiger partial charge in [0.1, 0.15) is 5.41 Å². The second kappa shape index (κ2) is 4.44. The Morgan fingerprint density at radius 2 is 1.94 bits per heavy atom. The Hall–Kier alpha value is -1.26. The van der Waals surface area contributed by atoms with Gasteiger partial charge in [0.05, 0.1) is 6.54 Å². The third kappa shape index (κ3) is 2.18. The SMILES string of the molecule is CC1(C)C(=O)ON(Cc2ccc(Cl)cc2Cl)C1=O. The molecule has 0 radical (unpaired) electrons. The van der Waals surface area contributed by atoms with Gasteiger partial charge in [-0.25, -0.2) is 4.79 Å². The van der Waals surface area contributed by atoms with Gasteiger partial charge >= 0.3 is 5.97 Å². The van der Waals surface area contributed by atoms with Crippen LogP contribution in [0.1, 0.15) is 19.4 Å². The zero-order valence-electron chi connectivity index (χ0n) is 9.87. The highest BCUT2D eigenvalue weighted by atomic mass is 35.5. The van der Waals surface area contributed by atoms with Gasteiger partial charge < -0.3 is 4.84 Å². The number of rotatable bonds is 2. The second-order valence-electron chi connectivity index (χ2n) is 4.58. The van der Waals surface area contributed by atoms with Crippen LogP contribution in [0.25, 0.3) is 0 Å². The number of amides is 1. The summed E-state index contributed by atoms with van der Waals surface area (Å²) in [4.78, 5) is 28.4. The largest absolute Gasteiger partial charge is 0.347 e. The zero-order chi connectivity index (χ0) is 13.5. The van der Waals surface area contributed by atoms with Gasteiger partial charge in [-0.05, 0) is 31.5 Å². The molecule has 1 heterocycles. The summed E-state index contributed by atoms with van der Waals surface area (Å²) < 4.78 is 0. The van der Waals surface area contributed by atoms with Crippen molar-refractivity contribution in [2.75, 3.05) is 0 Å². The molecular formula is C12H11Cl2NO3. The van der Waals surface area contributed by atoms with Gasteiger partial charge in [0.2, 0.25) is 0 Å². The minimum Gasteiger partial charge on any atom is -0.337 e. The van der Waals surface area contributed by atoms with E-state index < -0.39 is 11.4 Å². The van der Waals surface area contributed by atoms with Gasteiger partial charge in [-0.15, -0.1) is 0 Å². The van der Waals surface area contributed by atoms with E-state index >= 15 is 0 Å². The van der Waals surface area contributed by atoms with Crippen molar-refractivity contribution in [3.63, 3.8) is 0 Å². The summed E-state index contributed by atoms with van der Waals surface area (Å²) >= 11 is 11.8. The van der Waals surface area contributed by atoms with Gasteiger partial charge in [0, 0.05) is 10.0 Å². The zero-order valence-corrected chi connectivity index (χ0v) is 11.4. The van der Waals surface area contributed by atoms with E-state index in [-0.39, 0.29) is 12.5 Å². The molecule has 0 aromatic heterocycles. The standard InChI is InChI=1S/C12H11Cl2NO3/c1-12(2)10(16)15(18-11(12)17)6-7-3-4-8(13)5-9(7)14/h3-5H,6H2,1-2H3. The maximum Gasteiger partial charge on any atom is 0.347 e. The summed E-state index contributed by atoms with van der Waals surface area (Å²) in [6.45, 7) is 3.17. The van der Waals surface area contributed by atoms with Crippen molar-refractivity contribution in [2.24, 2.45) is 5.41 Å². The van der Waals surface area contributed by atoms with E-state index in [2.05, 4.69) is 0 Å². The Balaban J connectivity index is 2.21. The number of carbonyl (C=O) groups is 2. The molecule has 1 aliphatic rings. The average Bonchev–Trinajstić information content (AvgIpc) is 2.47. The first-order chi connectivity index (χ1) is 8.32. The fourth-order valence-corrected chi connectivity index (χ4v) is 2.03. The van der Waals surface area contributed by atoms with E-state index in [0.29, 0.717) is 15.6 Å². The van der Waals surface area contributed by atoms with Crippen molar-refractivity contribution in [1.82, 2.24) is 5.06 Å². The van der Waals surface area contributed by atoms with Gasteiger partial charge in [-0.2, -0.15) is 5.06 Å². The van der Waals surface area contributed by atoms with Crippen LogP contribution >= 0.6 is 23.2 Å². The van der Waals surface area contributed by atoms with Gasteiger partial charge in [-0.1, -0.05) is 29.3 Å². The lowest BCUT2D eigenvalue weighted by atomic mass is 9.94. The number of hydroxylamine groups is 2. The molecule has 1 aromatic carbocycles. The topological polar surface area (TPSA) is 46.6 Å². The summed E-state index contributed by atoms with van der Waals surface area (Å²) in [6.07, 6.45) is 0. The van der Waals surface area contributed by atoms with Gasteiger partial charge in [0.25, 0.3) is 5.91 Å². The molecule has 18 heavy (non-hydrogen) atoms. The lowest BCUT2D eigenvalue weighted by Crippen LogP contribution is -2.31. The van der Waals surface area contributed by atoms with Crippen LogP contribution in [0, 0.1) is 5.41 Å². The molecule has 1 amide bonds. The molecule has 6 heteroatoms. The minimum atomic E-state index is -1.14. The van der Waals surface area contributed by atoms with Crippen molar-refractivity contribution < 1.29 is 14.4 Å². The monoisotopic (exact) mass is 287 g/mol. The predicted molar refractivity (Wildman–Crippen MR) is 66.9 cm³/mol. The molecule has 1 aromatic rings. The molecule has 0 atom stereocenters. The Morgan fingerprint density at radius 3 is 2.44 bits per heavy atom. The molecule has 0 spiro atoms. The van der Waals surface area contributed by atoms with Crippen LogP contribution in [0.3, 0.4) is 0 Å². The van der Waals surface area contributed by atoms with Gasteiger partial charge in [0.15, 0.2) is 0 Å². The molecular weight excluding hydrogens is 277 g/mol. The predicted octanol–water partition coefficient (Wildman–Crippen LogP) is 2.82. The van der Waals surface area contributed by atoms with Crippen LogP contribution in [-0.2, 0) is 21.0 Å². The first kappa shape index (κ1) is 13.2. The molecule has 0 aliphatic carbocycles. The van der Waals surface area contributed by atoms with Crippen molar-refractivity contribution in [2.45, 2.75) is 20.4 Å². The smallest absolute Gasteiger partial charge is 0.337 e. The number of hydrogen-bond donors (Lipinski definition) is 0. The van der Waals surface area contributed by atoms with E-state index in [1.165, 1.54) is 13.8 Å². The quantitative estimate of drug-likeness (QED) is 0.786. The minimum absolute atomic E-state index is 0.115. The lowest BCUT2D eigenvalue weighted by molar-refractivity contribution is -0.180. The Kier molecular flexibility index (Phi) is 3.25. The number of benzene rings is 1. The second-order valence-corrected chi connectivity index (χ2v) is 5.42. The van der Waals surface area contributed by atoms with Crippen molar-refractivity contribution in [3.8, 4) is 0 Å². The highest BCUT2D eigenvalue weighted by molar-refractivity contribution is 6.35. The molecule has 2 rings (SSSR count). The summed E-state index contributed by atoms with van der Waals surface area (Å²) in [5, 5.41) is 1.96. The van der Waals surface area contributed by atoms with E-state index in [1.807, 2.05) is 0 Å². The maximum atomic E-state index is 11.9. The maximum absolute atomic E-state index is 11.9. The number of hydrogen-bond acceptors (Lipinski definition) is 3. The van der Waals surface area contributed by atoms with Crippen molar-refractivity contribution >= 4 is 35.1 Å². The van der Waals surface area contributed by atoms with Crippen molar-refractivity contribution in [3.05, 3.63) is 33.8 Å². The van der Waals surface area contributed by atoms with E-state index in [1.54, 1.807) is 18.2 Å². The third-order valence-corrected chi connectivity index (χ3v) is 3.38. The highest BCUT2D eigenvalue weighted by Crippen LogP contribution is 2.31. The molecule has 0 unspecified atom stereocenters. The molecule has 4 nitrogen and oxygen atoms in total. The van der Waals surface area contributed by atoms with Crippen LogP contribution in [-0.4, -0.2) is 16.9 Å². The van der Waals surface area contributed by atoms with Crippen LogP contribution in [0.2, 0.25) is 10.0 Å². The van der Waals surface area contributed by atoms with Crippen LogP contribution < -0.4 is 0 Å². The molecule has 0 saturated carbocycles. The third-order valence-electron chi connectivity index (χ3n) is 2.79. The summed E-state index contributed by atoms with van der Waals surface area (Å²) in [5.41, 5.74) is -0.473. The Bertz CT molecular complexity index is 528. The fraction of sp³-hybridized carbons (Fsp3) is 0.333. The van der Waals surface area contributed by atoms with E-state index in [9.17, 15) is 9.59 Å². The summed E-state index contributed by atoms with van der Waals surface area (Å²) in [7, 11) is 0. The molecule has 1 aliphatic heterocycles. The summed E-state index contributed by atoms with van der Waals surface area (Å²) in [6, 6.07) is 4.93.